The zero-order valence-electron chi connectivity index (χ0n) is 21.3. The van der Waals surface area contributed by atoms with Crippen LogP contribution in [0.25, 0.3) is 11.3 Å². The molecule has 1 heterocycles. The van der Waals surface area contributed by atoms with Crippen molar-refractivity contribution in [3.63, 3.8) is 0 Å². The second kappa shape index (κ2) is 12.4. The van der Waals surface area contributed by atoms with E-state index in [1.165, 1.54) is 37.6 Å². The van der Waals surface area contributed by atoms with Crippen molar-refractivity contribution in [3.05, 3.63) is 102 Å². The molecule has 0 amide bonds. The zero-order valence-corrected chi connectivity index (χ0v) is 22.1. The van der Waals surface area contributed by atoms with E-state index < -0.39 is 27.5 Å². The zero-order chi connectivity index (χ0) is 28.0. The highest BCUT2D eigenvalue weighted by atomic mass is 32.2. The van der Waals surface area contributed by atoms with E-state index in [-0.39, 0.29) is 40.7 Å². The predicted octanol–water partition coefficient (Wildman–Crippen LogP) is 5.13. The van der Waals surface area contributed by atoms with E-state index in [2.05, 4.69) is 5.32 Å². The average molecular weight is 561 g/mol. The number of hydrogen-bond donors (Lipinski definition) is 1. The maximum absolute atomic E-state index is 15.3. The van der Waals surface area contributed by atoms with E-state index in [4.69, 9.17) is 14.2 Å². The molecule has 39 heavy (non-hydrogen) atoms. The van der Waals surface area contributed by atoms with Crippen molar-refractivity contribution >= 4 is 10.0 Å². The summed E-state index contributed by atoms with van der Waals surface area (Å²) in [6, 6.07) is 14.4. The Labute approximate surface area is 224 Å². The van der Waals surface area contributed by atoms with Crippen LogP contribution in [-0.4, -0.2) is 39.8 Å². The van der Waals surface area contributed by atoms with Crippen LogP contribution in [0.15, 0.2) is 77.8 Å². The highest BCUT2D eigenvalue weighted by Gasteiger charge is 2.24. The quantitative estimate of drug-likeness (QED) is 0.242. The molecule has 4 rings (SSSR count). The first-order valence-electron chi connectivity index (χ1n) is 11.9. The third-order valence-corrected chi connectivity index (χ3v) is 7.43. The Morgan fingerprint density at radius 2 is 1.67 bits per heavy atom. The summed E-state index contributed by atoms with van der Waals surface area (Å²) in [7, 11) is -0.909. The normalized spacial score (nSPS) is 11.5. The minimum Gasteiger partial charge on any atom is -0.491 e. The van der Waals surface area contributed by atoms with Gasteiger partial charge in [-0.1, -0.05) is 6.07 Å². The molecule has 11 heteroatoms. The lowest BCUT2D eigenvalue weighted by Crippen LogP contribution is -2.14. The summed E-state index contributed by atoms with van der Waals surface area (Å²) < 4.78 is 87.0. The molecule has 0 spiro atoms. The Balaban J connectivity index is 1.66. The molecular weight excluding hydrogens is 533 g/mol. The summed E-state index contributed by atoms with van der Waals surface area (Å²) in [4.78, 5) is -0.0391. The Morgan fingerprint density at radius 1 is 0.872 bits per heavy atom. The smallest absolute Gasteiger partial charge is 0.268 e. The number of aromatic nitrogens is 1. The van der Waals surface area contributed by atoms with E-state index >= 15 is 4.39 Å². The van der Waals surface area contributed by atoms with Crippen molar-refractivity contribution < 1.29 is 35.8 Å². The second-order valence-corrected chi connectivity index (χ2v) is 10.4. The van der Waals surface area contributed by atoms with Crippen LogP contribution in [0.3, 0.4) is 0 Å². The molecule has 1 aromatic heterocycles. The highest BCUT2D eigenvalue weighted by molar-refractivity contribution is 7.90. The van der Waals surface area contributed by atoms with Crippen molar-refractivity contribution in [2.24, 2.45) is 0 Å². The number of hydrogen-bond acceptors (Lipinski definition) is 6. The molecule has 206 valence electrons. The summed E-state index contributed by atoms with van der Waals surface area (Å²) in [5.74, 6) is -1.61. The Morgan fingerprint density at radius 3 is 2.41 bits per heavy atom. The van der Waals surface area contributed by atoms with E-state index in [0.717, 1.165) is 28.2 Å². The molecule has 0 atom stereocenters. The predicted molar refractivity (Wildman–Crippen MR) is 140 cm³/mol. The van der Waals surface area contributed by atoms with Gasteiger partial charge in [0.2, 0.25) is 0 Å². The van der Waals surface area contributed by atoms with Crippen molar-refractivity contribution in [2.75, 3.05) is 27.4 Å². The fourth-order valence-electron chi connectivity index (χ4n) is 3.88. The molecule has 0 radical (unpaired) electrons. The van der Waals surface area contributed by atoms with E-state index in [0.29, 0.717) is 24.5 Å². The lowest BCUT2D eigenvalue weighted by atomic mass is 10.1. The van der Waals surface area contributed by atoms with Gasteiger partial charge in [-0.25, -0.2) is 25.6 Å². The van der Waals surface area contributed by atoms with E-state index in [9.17, 15) is 17.2 Å². The summed E-state index contributed by atoms with van der Waals surface area (Å²) >= 11 is 0. The number of benzene rings is 3. The second-order valence-electron chi connectivity index (χ2n) is 8.55. The molecule has 0 saturated heterocycles. The van der Waals surface area contributed by atoms with Gasteiger partial charge in [-0.2, -0.15) is 0 Å². The molecule has 0 saturated carbocycles. The van der Waals surface area contributed by atoms with Crippen molar-refractivity contribution in [1.82, 2.24) is 9.29 Å². The van der Waals surface area contributed by atoms with E-state index in [1.54, 1.807) is 25.2 Å². The SMILES string of the molecule is CNCc1cc(-c2ccc(OCc3cc(F)ccc3F)cc2F)n(S(=O)(=O)c2cccc(OCCOC)c2)c1. The lowest BCUT2D eigenvalue weighted by Gasteiger charge is -2.14. The number of nitrogens with one attached hydrogen (secondary N) is 1. The maximum Gasteiger partial charge on any atom is 0.268 e. The number of halogens is 3. The van der Waals surface area contributed by atoms with Gasteiger partial charge in [-0.15, -0.1) is 0 Å². The molecule has 0 bridgehead atoms. The third-order valence-electron chi connectivity index (χ3n) is 5.76. The summed E-state index contributed by atoms with van der Waals surface area (Å²) in [5, 5.41) is 2.96. The lowest BCUT2D eigenvalue weighted by molar-refractivity contribution is 0.146. The minimum absolute atomic E-state index is 0.0118. The molecule has 3 aromatic carbocycles. The van der Waals surface area contributed by atoms with Crippen LogP contribution >= 0.6 is 0 Å². The topological polar surface area (TPSA) is 78.8 Å². The number of ether oxygens (including phenoxy) is 3. The van der Waals surface area contributed by atoms with Gasteiger partial charge in [0.05, 0.1) is 17.2 Å². The van der Waals surface area contributed by atoms with Crippen molar-refractivity contribution in [3.8, 4) is 22.8 Å². The first-order valence-corrected chi connectivity index (χ1v) is 13.4. The van der Waals surface area contributed by atoms with Crippen molar-refractivity contribution in [2.45, 2.75) is 18.0 Å². The fourth-order valence-corrected chi connectivity index (χ4v) is 5.31. The average Bonchev–Trinajstić information content (AvgIpc) is 3.34. The van der Waals surface area contributed by atoms with Gasteiger partial charge in [0.25, 0.3) is 10.0 Å². The van der Waals surface area contributed by atoms with Gasteiger partial charge in [0, 0.05) is 43.1 Å². The first-order chi connectivity index (χ1) is 18.7. The van der Waals surface area contributed by atoms with Crippen LogP contribution in [0.1, 0.15) is 11.1 Å². The van der Waals surface area contributed by atoms with Crippen LogP contribution < -0.4 is 14.8 Å². The fraction of sp³-hybridized carbons (Fsp3) is 0.214. The Bertz CT molecular complexity index is 1560. The van der Waals surface area contributed by atoms with Crippen LogP contribution in [0, 0.1) is 17.5 Å². The molecule has 4 aromatic rings. The standard InChI is InChI=1S/C28H27F3N2O5S/c1-32-16-19-12-28(33(17-19)39(34,35)24-5-3-4-22(14-24)37-11-10-36-2)25-8-7-23(15-27(25)31)38-18-20-13-21(29)6-9-26(20)30/h3-9,12-15,17,32H,10-11,16,18H2,1-2H3. The summed E-state index contributed by atoms with van der Waals surface area (Å²) in [5.41, 5.74) is 0.707. The third kappa shape index (κ3) is 6.62. The van der Waals surface area contributed by atoms with Gasteiger partial charge >= 0.3 is 0 Å². The van der Waals surface area contributed by atoms with Crippen molar-refractivity contribution in [1.29, 1.82) is 0 Å². The highest BCUT2D eigenvalue weighted by Crippen LogP contribution is 2.32. The monoisotopic (exact) mass is 560 g/mol. The van der Waals surface area contributed by atoms with Crippen LogP contribution in [0.4, 0.5) is 13.2 Å². The molecule has 0 fully saturated rings. The van der Waals surface area contributed by atoms with E-state index in [1.807, 2.05) is 0 Å². The molecule has 0 unspecified atom stereocenters. The number of methoxy groups -OCH3 is 1. The van der Waals surface area contributed by atoms with Crippen LogP contribution in [-0.2, 0) is 27.9 Å². The summed E-state index contributed by atoms with van der Waals surface area (Å²) in [6.07, 6.45) is 1.43. The van der Waals surface area contributed by atoms with Gasteiger partial charge in [0.15, 0.2) is 0 Å². The first kappa shape index (κ1) is 28.2. The Kier molecular flexibility index (Phi) is 8.95. The summed E-state index contributed by atoms with van der Waals surface area (Å²) in [6.45, 7) is 0.606. The van der Waals surface area contributed by atoms with Gasteiger partial charge in [-0.05, 0) is 61.1 Å². The molecular formula is C28H27F3N2O5S. The molecule has 1 N–H and O–H groups in total. The van der Waals surface area contributed by atoms with Crippen LogP contribution in [0.2, 0.25) is 0 Å². The molecule has 7 nitrogen and oxygen atoms in total. The Hall–Kier alpha value is -3.80. The number of rotatable bonds is 12. The largest absolute Gasteiger partial charge is 0.491 e. The van der Waals surface area contributed by atoms with Crippen LogP contribution in [0.5, 0.6) is 11.5 Å². The van der Waals surface area contributed by atoms with Gasteiger partial charge in [0.1, 0.15) is 42.2 Å². The van der Waals surface area contributed by atoms with Gasteiger partial charge < -0.3 is 19.5 Å². The molecule has 0 aliphatic carbocycles. The number of nitrogens with zero attached hydrogens (tertiary/aromatic N) is 1. The molecule has 0 aliphatic rings. The minimum atomic E-state index is -4.15. The maximum atomic E-state index is 15.3. The molecule has 0 aliphatic heterocycles. The van der Waals surface area contributed by atoms with Gasteiger partial charge in [-0.3, -0.25) is 0 Å².